The lowest BCUT2D eigenvalue weighted by Gasteiger charge is -2.09. The molecule has 0 radical (unpaired) electrons. The molecule has 1 aromatic carbocycles. The number of sulfonamides is 1. The van der Waals surface area contributed by atoms with Gasteiger partial charge in [-0.1, -0.05) is 0 Å². The Morgan fingerprint density at radius 2 is 2.12 bits per heavy atom. The van der Waals surface area contributed by atoms with Gasteiger partial charge in [0, 0.05) is 17.8 Å². The van der Waals surface area contributed by atoms with Crippen LogP contribution < -0.4 is 4.72 Å². The zero-order valence-corrected chi connectivity index (χ0v) is 13.9. The van der Waals surface area contributed by atoms with Crippen LogP contribution in [0, 0.1) is 6.92 Å². The number of ether oxygens (including phenoxy) is 1. The summed E-state index contributed by atoms with van der Waals surface area (Å²) in [4.78, 5) is 14.6. The van der Waals surface area contributed by atoms with Gasteiger partial charge in [0.1, 0.15) is 0 Å². The van der Waals surface area contributed by atoms with Gasteiger partial charge in [0.05, 0.1) is 12.3 Å². The third-order valence-electron chi connectivity index (χ3n) is 3.47. The van der Waals surface area contributed by atoms with Crippen LogP contribution in [-0.4, -0.2) is 36.2 Å². The van der Waals surface area contributed by atoms with E-state index in [1.165, 1.54) is 0 Å². The summed E-state index contributed by atoms with van der Waals surface area (Å²) < 4.78 is 32.2. The SMILES string of the molecule is CCOC(=O)c1cc(S(=O)(=O)Nc2cc3[nH]ccc3cc2C)[nH]n1. The minimum absolute atomic E-state index is 0.0891. The molecule has 0 atom stereocenters. The van der Waals surface area contributed by atoms with Crippen molar-refractivity contribution in [2.24, 2.45) is 0 Å². The number of hydrogen-bond acceptors (Lipinski definition) is 5. The minimum Gasteiger partial charge on any atom is -0.461 e. The van der Waals surface area contributed by atoms with Crippen molar-refractivity contribution >= 4 is 32.6 Å². The average Bonchev–Trinajstić information content (AvgIpc) is 3.16. The van der Waals surface area contributed by atoms with Gasteiger partial charge in [-0.25, -0.2) is 4.79 Å². The van der Waals surface area contributed by atoms with E-state index in [9.17, 15) is 13.2 Å². The third kappa shape index (κ3) is 2.98. The zero-order chi connectivity index (χ0) is 17.3. The molecule has 0 spiro atoms. The maximum atomic E-state index is 12.5. The number of fused-ring (bicyclic) bond motifs is 1. The number of carbonyl (C=O) groups excluding carboxylic acids is 1. The summed E-state index contributed by atoms with van der Waals surface area (Å²) in [6.45, 7) is 3.64. The van der Waals surface area contributed by atoms with Crippen LogP contribution in [0.4, 0.5) is 5.69 Å². The van der Waals surface area contributed by atoms with Crippen molar-refractivity contribution in [2.75, 3.05) is 11.3 Å². The molecule has 0 aliphatic carbocycles. The molecule has 24 heavy (non-hydrogen) atoms. The Bertz CT molecular complexity index is 1000. The number of carbonyl (C=O) groups is 1. The van der Waals surface area contributed by atoms with Gasteiger partial charge in [0.25, 0.3) is 10.0 Å². The van der Waals surface area contributed by atoms with E-state index in [-0.39, 0.29) is 17.3 Å². The molecule has 0 aliphatic heterocycles. The molecule has 3 aromatic rings. The summed E-state index contributed by atoms with van der Waals surface area (Å²) in [6.07, 6.45) is 1.78. The smallest absolute Gasteiger partial charge is 0.358 e. The number of rotatable bonds is 5. The summed E-state index contributed by atoms with van der Waals surface area (Å²) in [7, 11) is -3.90. The van der Waals surface area contributed by atoms with E-state index in [4.69, 9.17) is 4.74 Å². The van der Waals surface area contributed by atoms with E-state index in [0.29, 0.717) is 5.69 Å². The summed E-state index contributed by atoms with van der Waals surface area (Å²) >= 11 is 0. The summed E-state index contributed by atoms with van der Waals surface area (Å²) in [5, 5.41) is 6.81. The normalized spacial score (nSPS) is 11.6. The molecule has 0 bridgehead atoms. The van der Waals surface area contributed by atoms with Crippen molar-refractivity contribution in [2.45, 2.75) is 18.9 Å². The van der Waals surface area contributed by atoms with E-state index >= 15 is 0 Å². The zero-order valence-electron chi connectivity index (χ0n) is 13.1. The second-order valence-electron chi connectivity index (χ2n) is 5.18. The van der Waals surface area contributed by atoms with Gasteiger partial charge >= 0.3 is 5.97 Å². The van der Waals surface area contributed by atoms with E-state index in [1.807, 2.05) is 12.1 Å². The van der Waals surface area contributed by atoms with Crippen molar-refractivity contribution in [3.8, 4) is 0 Å². The van der Waals surface area contributed by atoms with Crippen LogP contribution in [0.3, 0.4) is 0 Å². The Labute approximate surface area is 138 Å². The van der Waals surface area contributed by atoms with Gasteiger partial charge < -0.3 is 9.72 Å². The number of aromatic amines is 2. The fraction of sp³-hybridized carbons (Fsp3) is 0.200. The maximum Gasteiger partial charge on any atom is 0.358 e. The first-order valence-corrected chi connectivity index (χ1v) is 8.72. The highest BCUT2D eigenvalue weighted by atomic mass is 32.2. The Morgan fingerprint density at radius 1 is 1.33 bits per heavy atom. The van der Waals surface area contributed by atoms with Gasteiger partial charge in [-0.3, -0.25) is 9.82 Å². The molecule has 3 N–H and O–H groups in total. The van der Waals surface area contributed by atoms with Crippen LogP contribution in [0.1, 0.15) is 23.0 Å². The fourth-order valence-corrected chi connectivity index (χ4v) is 3.33. The van der Waals surface area contributed by atoms with Crippen LogP contribution in [0.5, 0.6) is 0 Å². The number of hydrogen-bond donors (Lipinski definition) is 3. The van der Waals surface area contributed by atoms with E-state index in [0.717, 1.165) is 22.5 Å². The van der Waals surface area contributed by atoms with Gasteiger partial charge in [-0.15, -0.1) is 0 Å². The molecule has 0 saturated carbocycles. The topological polar surface area (TPSA) is 117 Å². The van der Waals surface area contributed by atoms with Crippen molar-refractivity contribution in [3.63, 3.8) is 0 Å². The number of nitrogens with zero attached hydrogens (tertiary/aromatic N) is 1. The van der Waals surface area contributed by atoms with Crippen molar-refractivity contribution in [1.29, 1.82) is 0 Å². The monoisotopic (exact) mass is 348 g/mol. The molecule has 8 nitrogen and oxygen atoms in total. The van der Waals surface area contributed by atoms with E-state index < -0.39 is 16.0 Å². The standard InChI is InChI=1S/C15H16N4O4S/c1-3-23-15(20)13-8-14(18-17-13)24(21,22)19-11-7-12-10(4-5-16-12)6-9(11)2/h4-8,16,19H,3H2,1-2H3,(H,17,18). The number of nitrogens with one attached hydrogen (secondary N) is 3. The Hall–Kier alpha value is -2.81. The predicted molar refractivity (Wildman–Crippen MR) is 88.4 cm³/mol. The second-order valence-corrected chi connectivity index (χ2v) is 6.83. The van der Waals surface area contributed by atoms with Crippen LogP contribution in [0.15, 0.2) is 35.5 Å². The molecule has 0 fully saturated rings. The Morgan fingerprint density at radius 3 is 2.88 bits per heavy atom. The molecule has 0 saturated heterocycles. The first-order valence-electron chi connectivity index (χ1n) is 7.24. The molecule has 0 aliphatic rings. The van der Waals surface area contributed by atoms with Crippen molar-refractivity contribution in [1.82, 2.24) is 15.2 Å². The maximum absolute atomic E-state index is 12.5. The van der Waals surface area contributed by atoms with E-state index in [1.54, 1.807) is 26.1 Å². The lowest BCUT2D eigenvalue weighted by atomic mass is 10.1. The van der Waals surface area contributed by atoms with Gasteiger partial charge in [0.2, 0.25) is 0 Å². The first kappa shape index (κ1) is 16.1. The predicted octanol–water partition coefficient (Wildman–Crippen LogP) is 2.18. The largest absolute Gasteiger partial charge is 0.461 e. The quantitative estimate of drug-likeness (QED) is 0.611. The summed E-state index contributed by atoms with van der Waals surface area (Å²) in [5.74, 6) is -0.681. The number of aromatic nitrogens is 3. The number of H-pyrrole nitrogens is 2. The van der Waals surface area contributed by atoms with E-state index in [2.05, 4.69) is 19.9 Å². The van der Waals surface area contributed by atoms with Gasteiger partial charge in [-0.05, 0) is 43.0 Å². The molecule has 2 aromatic heterocycles. The molecule has 9 heteroatoms. The molecule has 2 heterocycles. The molecular weight excluding hydrogens is 332 g/mol. The lowest BCUT2D eigenvalue weighted by molar-refractivity contribution is 0.0519. The van der Waals surface area contributed by atoms with Gasteiger partial charge in [0.15, 0.2) is 10.7 Å². The van der Waals surface area contributed by atoms with Crippen molar-refractivity contribution < 1.29 is 17.9 Å². The first-order chi connectivity index (χ1) is 11.4. The Balaban J connectivity index is 1.90. The fourth-order valence-electron chi connectivity index (χ4n) is 2.28. The van der Waals surface area contributed by atoms with Crippen LogP contribution in [0.25, 0.3) is 10.9 Å². The molecular formula is C15H16N4O4S. The summed E-state index contributed by atoms with van der Waals surface area (Å²) in [5.41, 5.74) is 1.94. The highest BCUT2D eigenvalue weighted by Gasteiger charge is 2.21. The molecule has 126 valence electrons. The molecule has 0 amide bonds. The number of benzene rings is 1. The number of esters is 1. The number of anilines is 1. The minimum atomic E-state index is -3.90. The van der Waals surface area contributed by atoms with Gasteiger partial charge in [-0.2, -0.15) is 13.5 Å². The Kier molecular flexibility index (Phi) is 4.02. The highest BCUT2D eigenvalue weighted by molar-refractivity contribution is 7.92. The second kappa shape index (κ2) is 6.00. The lowest BCUT2D eigenvalue weighted by Crippen LogP contribution is -2.14. The molecule has 3 rings (SSSR count). The van der Waals surface area contributed by atoms with Crippen molar-refractivity contribution in [3.05, 3.63) is 41.7 Å². The van der Waals surface area contributed by atoms with Crippen LogP contribution in [0.2, 0.25) is 0 Å². The average molecular weight is 348 g/mol. The summed E-state index contributed by atoms with van der Waals surface area (Å²) in [6, 6.07) is 6.63. The third-order valence-corrected chi connectivity index (χ3v) is 4.75. The van der Waals surface area contributed by atoms with Crippen LogP contribution >= 0.6 is 0 Å². The molecule has 0 unspecified atom stereocenters. The number of aryl methyl sites for hydroxylation is 1. The van der Waals surface area contributed by atoms with Crippen LogP contribution in [-0.2, 0) is 14.8 Å². The highest BCUT2D eigenvalue weighted by Crippen LogP contribution is 2.25.